The van der Waals surface area contributed by atoms with Crippen LogP contribution in [0.2, 0.25) is 0 Å². The van der Waals surface area contributed by atoms with Crippen molar-refractivity contribution in [3.8, 4) is 0 Å². The number of hydrogen-bond donors (Lipinski definition) is 1. The average Bonchev–Trinajstić information content (AvgIpc) is 2.19. The second-order valence-corrected chi connectivity index (χ2v) is 4.62. The molecule has 0 fully saturated rings. The Kier molecular flexibility index (Phi) is 3.83. The molecule has 0 atom stereocenters. The maximum atomic E-state index is 13.4. The number of likely N-dealkylation sites (N-methyl/N-ethyl adjacent to an activating group) is 1. The van der Waals surface area contributed by atoms with E-state index < -0.39 is 17.2 Å². The zero-order valence-electron chi connectivity index (χ0n) is 10.1. The number of hydrogen-bond acceptors (Lipinski definition) is 2. The maximum absolute atomic E-state index is 13.4. The highest BCUT2D eigenvalue weighted by molar-refractivity contribution is 5.84. The summed E-state index contributed by atoms with van der Waals surface area (Å²) in [6.45, 7) is 3.21. The van der Waals surface area contributed by atoms with E-state index in [1.165, 1.54) is 18.0 Å². The van der Waals surface area contributed by atoms with Gasteiger partial charge in [-0.2, -0.15) is 0 Å². The third kappa shape index (κ3) is 3.49. The first-order valence-electron chi connectivity index (χ1n) is 5.20. The number of nitrogens with zero attached hydrogens (tertiary/aromatic N) is 1. The van der Waals surface area contributed by atoms with E-state index in [4.69, 9.17) is 5.73 Å². The summed E-state index contributed by atoms with van der Waals surface area (Å²) >= 11 is 0. The van der Waals surface area contributed by atoms with Crippen molar-refractivity contribution in [2.45, 2.75) is 25.9 Å². The van der Waals surface area contributed by atoms with Gasteiger partial charge in [0, 0.05) is 25.2 Å². The summed E-state index contributed by atoms with van der Waals surface area (Å²) in [6, 6.07) is 3.27. The Labute approximate surface area is 99.2 Å². The van der Waals surface area contributed by atoms with Gasteiger partial charge in [0.25, 0.3) is 0 Å². The highest BCUT2D eigenvalue weighted by Gasteiger charge is 2.25. The number of amides is 1. The number of rotatable bonds is 3. The molecule has 0 bridgehead atoms. The van der Waals surface area contributed by atoms with Gasteiger partial charge in [-0.15, -0.1) is 0 Å². The molecule has 1 amide bonds. The Hall–Kier alpha value is -1.49. The van der Waals surface area contributed by atoms with Crippen LogP contribution in [0, 0.1) is 11.6 Å². The average molecular weight is 242 g/mol. The third-order valence-electron chi connectivity index (χ3n) is 2.32. The summed E-state index contributed by atoms with van der Waals surface area (Å²) in [5, 5.41) is 0. The van der Waals surface area contributed by atoms with Crippen molar-refractivity contribution in [2.24, 2.45) is 5.73 Å². The molecule has 0 spiro atoms. The molecule has 0 aliphatic carbocycles. The Morgan fingerprint density at radius 1 is 1.41 bits per heavy atom. The van der Waals surface area contributed by atoms with Gasteiger partial charge in [0.1, 0.15) is 11.6 Å². The lowest BCUT2D eigenvalue weighted by atomic mass is 10.1. The lowest BCUT2D eigenvalue weighted by Gasteiger charge is -2.26. The molecule has 94 valence electrons. The van der Waals surface area contributed by atoms with Crippen LogP contribution in [-0.4, -0.2) is 23.4 Å². The van der Waals surface area contributed by atoms with Gasteiger partial charge in [-0.3, -0.25) is 4.79 Å². The first-order chi connectivity index (χ1) is 7.71. The fourth-order valence-electron chi connectivity index (χ4n) is 1.47. The van der Waals surface area contributed by atoms with E-state index in [1.54, 1.807) is 13.8 Å². The van der Waals surface area contributed by atoms with Crippen LogP contribution in [0.1, 0.15) is 19.4 Å². The Morgan fingerprint density at radius 2 is 2.00 bits per heavy atom. The molecule has 1 aromatic rings. The zero-order chi connectivity index (χ0) is 13.2. The standard InChI is InChI=1S/C12H16F2N2O/c1-12(2,15)11(17)16(3)7-8-4-5-9(13)6-10(8)14/h4-6H,7,15H2,1-3H3. The highest BCUT2D eigenvalue weighted by Crippen LogP contribution is 2.13. The molecule has 1 rings (SSSR count). The smallest absolute Gasteiger partial charge is 0.242 e. The summed E-state index contributed by atoms with van der Waals surface area (Å²) in [6.07, 6.45) is 0. The minimum atomic E-state index is -1.01. The molecule has 2 N–H and O–H groups in total. The van der Waals surface area contributed by atoms with Crippen LogP contribution in [0.4, 0.5) is 8.78 Å². The predicted octanol–water partition coefficient (Wildman–Crippen LogP) is 1.66. The van der Waals surface area contributed by atoms with Gasteiger partial charge in [-0.25, -0.2) is 8.78 Å². The first kappa shape index (κ1) is 13.6. The lowest BCUT2D eigenvalue weighted by Crippen LogP contribution is -2.49. The molecule has 17 heavy (non-hydrogen) atoms. The minimum Gasteiger partial charge on any atom is -0.340 e. The largest absolute Gasteiger partial charge is 0.340 e. The first-order valence-corrected chi connectivity index (χ1v) is 5.20. The molecule has 5 heteroatoms. The molecule has 0 aliphatic heterocycles. The number of carbonyl (C=O) groups excluding carboxylic acids is 1. The van der Waals surface area contributed by atoms with E-state index in [-0.39, 0.29) is 18.0 Å². The van der Waals surface area contributed by atoms with Crippen LogP contribution < -0.4 is 5.73 Å². The number of benzene rings is 1. The summed E-state index contributed by atoms with van der Waals surface area (Å²) in [5.74, 6) is -1.61. The molecule has 0 radical (unpaired) electrons. The molecule has 0 unspecified atom stereocenters. The van der Waals surface area contributed by atoms with E-state index in [9.17, 15) is 13.6 Å². The minimum absolute atomic E-state index is 0.0611. The van der Waals surface area contributed by atoms with Crippen molar-refractivity contribution < 1.29 is 13.6 Å². The second-order valence-electron chi connectivity index (χ2n) is 4.62. The zero-order valence-corrected chi connectivity index (χ0v) is 10.1. The molecule has 3 nitrogen and oxygen atoms in total. The molecular weight excluding hydrogens is 226 g/mol. The topological polar surface area (TPSA) is 46.3 Å². The third-order valence-corrected chi connectivity index (χ3v) is 2.32. The van der Waals surface area contributed by atoms with E-state index >= 15 is 0 Å². The van der Waals surface area contributed by atoms with Crippen LogP contribution in [0.15, 0.2) is 18.2 Å². The Balaban J connectivity index is 2.81. The fraction of sp³-hybridized carbons (Fsp3) is 0.417. The van der Waals surface area contributed by atoms with Crippen molar-refractivity contribution in [3.63, 3.8) is 0 Å². The molecule has 0 saturated heterocycles. The van der Waals surface area contributed by atoms with Gasteiger partial charge in [0.15, 0.2) is 0 Å². The molecular formula is C12H16F2N2O. The van der Waals surface area contributed by atoms with Crippen molar-refractivity contribution in [3.05, 3.63) is 35.4 Å². The summed E-state index contributed by atoms with van der Waals surface area (Å²) < 4.78 is 26.1. The van der Waals surface area contributed by atoms with Crippen LogP contribution in [0.25, 0.3) is 0 Å². The van der Waals surface area contributed by atoms with Gasteiger partial charge in [0.2, 0.25) is 5.91 Å². The van der Waals surface area contributed by atoms with Gasteiger partial charge in [0.05, 0.1) is 5.54 Å². The van der Waals surface area contributed by atoms with Crippen molar-refractivity contribution in [1.29, 1.82) is 0 Å². The fourth-order valence-corrected chi connectivity index (χ4v) is 1.47. The molecule has 0 aliphatic rings. The monoisotopic (exact) mass is 242 g/mol. The molecule has 1 aromatic carbocycles. The Morgan fingerprint density at radius 3 is 2.47 bits per heavy atom. The number of carbonyl (C=O) groups is 1. The van der Waals surface area contributed by atoms with Crippen LogP contribution in [0.3, 0.4) is 0 Å². The van der Waals surface area contributed by atoms with E-state index in [0.29, 0.717) is 0 Å². The van der Waals surface area contributed by atoms with Crippen molar-refractivity contribution in [1.82, 2.24) is 4.90 Å². The van der Waals surface area contributed by atoms with Gasteiger partial charge < -0.3 is 10.6 Å². The highest BCUT2D eigenvalue weighted by atomic mass is 19.1. The van der Waals surface area contributed by atoms with Gasteiger partial charge >= 0.3 is 0 Å². The van der Waals surface area contributed by atoms with E-state index in [1.807, 2.05) is 0 Å². The SMILES string of the molecule is CN(Cc1ccc(F)cc1F)C(=O)C(C)(C)N. The summed E-state index contributed by atoms with van der Waals surface area (Å²) in [5.41, 5.74) is 4.90. The molecule has 0 aromatic heterocycles. The molecule has 0 heterocycles. The Bertz CT molecular complexity index is 427. The van der Waals surface area contributed by atoms with E-state index in [0.717, 1.165) is 12.1 Å². The van der Waals surface area contributed by atoms with E-state index in [2.05, 4.69) is 0 Å². The van der Waals surface area contributed by atoms with Crippen LogP contribution in [-0.2, 0) is 11.3 Å². The quantitative estimate of drug-likeness (QED) is 0.876. The number of halogens is 2. The van der Waals surface area contributed by atoms with Crippen molar-refractivity contribution in [2.75, 3.05) is 7.05 Å². The van der Waals surface area contributed by atoms with Crippen LogP contribution >= 0.6 is 0 Å². The lowest BCUT2D eigenvalue weighted by molar-refractivity contribution is -0.135. The van der Waals surface area contributed by atoms with Crippen LogP contribution in [0.5, 0.6) is 0 Å². The van der Waals surface area contributed by atoms with Gasteiger partial charge in [-0.05, 0) is 19.9 Å². The summed E-state index contributed by atoms with van der Waals surface area (Å²) in [7, 11) is 1.53. The maximum Gasteiger partial charge on any atom is 0.242 e. The predicted molar refractivity (Wildman–Crippen MR) is 61.1 cm³/mol. The summed E-state index contributed by atoms with van der Waals surface area (Å²) in [4.78, 5) is 13.1. The normalized spacial score (nSPS) is 11.4. The number of nitrogens with two attached hydrogens (primary N) is 1. The molecule has 0 saturated carbocycles. The second kappa shape index (κ2) is 4.79. The van der Waals surface area contributed by atoms with Gasteiger partial charge in [-0.1, -0.05) is 6.07 Å². The van der Waals surface area contributed by atoms with Crippen molar-refractivity contribution >= 4 is 5.91 Å².